The van der Waals surface area contributed by atoms with E-state index in [0.717, 1.165) is 0 Å². The standard InChI is InChI=1S/C16H15N3O3/c20-12-6-4-11(5-7-12)18-14(21)16(8-9-16)15(22)19-13-3-1-2-10-17-13/h1-7,10,20H,8-9H2,(H,18,21)(H,17,19,22). The lowest BCUT2D eigenvalue weighted by Gasteiger charge is -2.15. The second-order valence-corrected chi connectivity index (χ2v) is 5.25. The average molecular weight is 297 g/mol. The van der Waals surface area contributed by atoms with Gasteiger partial charge in [0, 0.05) is 11.9 Å². The van der Waals surface area contributed by atoms with Crippen molar-refractivity contribution in [1.82, 2.24) is 4.98 Å². The molecule has 0 aliphatic heterocycles. The first-order valence-corrected chi connectivity index (χ1v) is 6.93. The van der Waals surface area contributed by atoms with E-state index >= 15 is 0 Å². The molecule has 1 aliphatic carbocycles. The first-order valence-electron chi connectivity index (χ1n) is 6.93. The largest absolute Gasteiger partial charge is 0.508 e. The molecule has 2 amide bonds. The van der Waals surface area contributed by atoms with Gasteiger partial charge >= 0.3 is 0 Å². The molecule has 3 N–H and O–H groups in total. The van der Waals surface area contributed by atoms with Crippen LogP contribution in [0.4, 0.5) is 11.5 Å². The number of aromatic hydroxyl groups is 1. The summed E-state index contributed by atoms with van der Waals surface area (Å²) in [6, 6.07) is 11.3. The summed E-state index contributed by atoms with van der Waals surface area (Å²) in [5.74, 6) is -0.141. The fourth-order valence-electron chi connectivity index (χ4n) is 2.15. The van der Waals surface area contributed by atoms with Crippen molar-refractivity contribution in [3.8, 4) is 5.75 Å². The quantitative estimate of drug-likeness (QED) is 0.595. The zero-order chi connectivity index (χ0) is 15.6. The van der Waals surface area contributed by atoms with Crippen LogP contribution in [0.25, 0.3) is 0 Å². The third kappa shape index (κ3) is 2.76. The van der Waals surface area contributed by atoms with Crippen molar-refractivity contribution in [1.29, 1.82) is 0 Å². The Balaban J connectivity index is 1.68. The Morgan fingerprint density at radius 3 is 2.27 bits per heavy atom. The highest BCUT2D eigenvalue weighted by molar-refractivity contribution is 6.16. The predicted molar refractivity (Wildman–Crippen MR) is 81.3 cm³/mol. The maximum absolute atomic E-state index is 12.4. The normalized spacial score (nSPS) is 14.9. The number of phenolic OH excluding ortho intramolecular Hbond substituents is 1. The molecule has 0 bridgehead atoms. The van der Waals surface area contributed by atoms with Crippen molar-refractivity contribution >= 4 is 23.3 Å². The average Bonchev–Trinajstić information content (AvgIpc) is 3.32. The molecular weight excluding hydrogens is 282 g/mol. The highest BCUT2D eigenvalue weighted by atomic mass is 16.3. The molecule has 1 saturated carbocycles. The van der Waals surface area contributed by atoms with Gasteiger partial charge < -0.3 is 15.7 Å². The Hall–Kier alpha value is -2.89. The first-order chi connectivity index (χ1) is 10.6. The number of nitrogens with zero attached hydrogens (tertiary/aromatic N) is 1. The van der Waals surface area contributed by atoms with Gasteiger partial charge in [0.2, 0.25) is 11.8 Å². The van der Waals surface area contributed by atoms with Crippen LogP contribution in [-0.4, -0.2) is 21.9 Å². The van der Waals surface area contributed by atoms with Crippen LogP contribution in [-0.2, 0) is 9.59 Å². The topological polar surface area (TPSA) is 91.3 Å². The molecule has 1 aromatic carbocycles. The third-order valence-corrected chi connectivity index (χ3v) is 3.65. The lowest BCUT2D eigenvalue weighted by atomic mass is 10.0. The van der Waals surface area contributed by atoms with Crippen molar-refractivity contribution in [2.24, 2.45) is 5.41 Å². The van der Waals surface area contributed by atoms with Crippen molar-refractivity contribution in [3.05, 3.63) is 48.7 Å². The number of benzene rings is 1. The summed E-state index contributed by atoms with van der Waals surface area (Å²) in [6.07, 6.45) is 2.59. The summed E-state index contributed by atoms with van der Waals surface area (Å²) in [4.78, 5) is 28.7. The number of nitrogens with one attached hydrogen (secondary N) is 2. The van der Waals surface area contributed by atoms with E-state index in [4.69, 9.17) is 0 Å². The van der Waals surface area contributed by atoms with Crippen molar-refractivity contribution in [2.75, 3.05) is 10.6 Å². The van der Waals surface area contributed by atoms with Gasteiger partial charge in [0.05, 0.1) is 0 Å². The molecule has 1 fully saturated rings. The van der Waals surface area contributed by atoms with Gasteiger partial charge in [-0.3, -0.25) is 9.59 Å². The van der Waals surface area contributed by atoms with Crippen LogP contribution >= 0.6 is 0 Å². The van der Waals surface area contributed by atoms with E-state index in [9.17, 15) is 14.7 Å². The number of hydrogen-bond acceptors (Lipinski definition) is 4. The number of aromatic nitrogens is 1. The van der Waals surface area contributed by atoms with Crippen LogP contribution in [0.1, 0.15) is 12.8 Å². The van der Waals surface area contributed by atoms with Gasteiger partial charge in [-0.15, -0.1) is 0 Å². The molecule has 0 unspecified atom stereocenters. The van der Waals surface area contributed by atoms with Crippen molar-refractivity contribution in [3.63, 3.8) is 0 Å². The third-order valence-electron chi connectivity index (χ3n) is 3.65. The van der Waals surface area contributed by atoms with Gasteiger partial charge in [0.15, 0.2) is 0 Å². The second-order valence-electron chi connectivity index (χ2n) is 5.25. The molecule has 1 aliphatic rings. The Bertz CT molecular complexity index is 694. The second kappa shape index (κ2) is 5.48. The van der Waals surface area contributed by atoms with Gasteiger partial charge in [-0.1, -0.05) is 6.07 Å². The molecule has 0 spiro atoms. The minimum absolute atomic E-state index is 0.118. The Kier molecular flexibility index (Phi) is 3.50. The van der Waals surface area contributed by atoms with E-state index in [0.29, 0.717) is 24.3 Å². The summed E-state index contributed by atoms with van der Waals surface area (Å²) in [5, 5.41) is 14.6. The van der Waals surface area contributed by atoms with Crippen molar-refractivity contribution in [2.45, 2.75) is 12.8 Å². The fraction of sp³-hybridized carbons (Fsp3) is 0.188. The highest BCUT2D eigenvalue weighted by Crippen LogP contribution is 2.47. The molecule has 112 valence electrons. The van der Waals surface area contributed by atoms with E-state index in [1.807, 2.05) is 0 Å². The van der Waals surface area contributed by atoms with Gasteiger partial charge in [0.25, 0.3) is 0 Å². The number of rotatable bonds is 4. The SMILES string of the molecule is O=C(Nc1ccc(O)cc1)C1(C(=O)Nc2ccccn2)CC1. The van der Waals surface area contributed by atoms with Crippen LogP contribution in [0.5, 0.6) is 5.75 Å². The van der Waals surface area contributed by atoms with Gasteiger partial charge in [0.1, 0.15) is 17.0 Å². The van der Waals surface area contributed by atoms with E-state index in [1.165, 1.54) is 12.1 Å². The van der Waals surface area contributed by atoms with E-state index in [2.05, 4.69) is 15.6 Å². The Morgan fingerprint density at radius 1 is 1.00 bits per heavy atom. The summed E-state index contributed by atoms with van der Waals surface area (Å²) in [5.41, 5.74) is -0.491. The predicted octanol–water partition coefficient (Wildman–Crippen LogP) is 2.14. The van der Waals surface area contributed by atoms with E-state index < -0.39 is 5.41 Å². The molecular formula is C16H15N3O3. The summed E-state index contributed by atoms with van der Waals surface area (Å²) in [7, 11) is 0. The number of hydrogen-bond donors (Lipinski definition) is 3. The Labute approximate surface area is 127 Å². The van der Waals surface area contributed by atoms with Crippen LogP contribution in [0.15, 0.2) is 48.7 Å². The molecule has 2 aromatic rings. The summed E-state index contributed by atoms with van der Waals surface area (Å²) < 4.78 is 0. The first kappa shape index (κ1) is 14.1. The molecule has 1 heterocycles. The van der Waals surface area contributed by atoms with Crippen LogP contribution < -0.4 is 10.6 Å². The molecule has 6 nitrogen and oxygen atoms in total. The molecule has 3 rings (SSSR count). The number of carbonyl (C=O) groups is 2. The Morgan fingerprint density at radius 2 is 1.68 bits per heavy atom. The smallest absolute Gasteiger partial charge is 0.241 e. The van der Waals surface area contributed by atoms with Crippen molar-refractivity contribution < 1.29 is 14.7 Å². The maximum atomic E-state index is 12.4. The summed E-state index contributed by atoms with van der Waals surface area (Å²) in [6.45, 7) is 0. The minimum atomic E-state index is -1.03. The minimum Gasteiger partial charge on any atom is -0.508 e. The van der Waals surface area contributed by atoms with E-state index in [-0.39, 0.29) is 17.6 Å². The zero-order valence-electron chi connectivity index (χ0n) is 11.7. The molecule has 22 heavy (non-hydrogen) atoms. The fourth-order valence-corrected chi connectivity index (χ4v) is 2.15. The number of phenols is 1. The van der Waals surface area contributed by atoms with E-state index in [1.54, 1.807) is 36.5 Å². The van der Waals surface area contributed by atoms with Crippen LogP contribution in [0, 0.1) is 5.41 Å². The lowest BCUT2D eigenvalue weighted by Crippen LogP contribution is -2.35. The molecule has 0 radical (unpaired) electrons. The number of pyridine rings is 1. The van der Waals surface area contributed by atoms with Crippen LogP contribution in [0.2, 0.25) is 0 Å². The lowest BCUT2D eigenvalue weighted by molar-refractivity contribution is -0.131. The number of carbonyl (C=O) groups excluding carboxylic acids is 2. The number of amides is 2. The maximum Gasteiger partial charge on any atom is 0.241 e. The number of anilines is 2. The van der Waals surface area contributed by atoms with Crippen LogP contribution in [0.3, 0.4) is 0 Å². The molecule has 0 atom stereocenters. The van der Waals surface area contributed by atoms with Gasteiger partial charge in [-0.25, -0.2) is 4.98 Å². The van der Waals surface area contributed by atoms with Gasteiger partial charge in [-0.05, 0) is 49.2 Å². The molecule has 1 aromatic heterocycles. The summed E-state index contributed by atoms with van der Waals surface area (Å²) >= 11 is 0. The van der Waals surface area contributed by atoms with Gasteiger partial charge in [-0.2, -0.15) is 0 Å². The highest BCUT2D eigenvalue weighted by Gasteiger charge is 2.56. The monoisotopic (exact) mass is 297 g/mol. The zero-order valence-corrected chi connectivity index (χ0v) is 11.7. The molecule has 6 heteroatoms. The molecule has 0 saturated heterocycles.